The van der Waals surface area contributed by atoms with Crippen molar-refractivity contribution in [1.82, 2.24) is 35.6 Å². The van der Waals surface area contributed by atoms with Gasteiger partial charge in [-0.05, 0) is 29.4 Å². The molecule has 0 saturated carbocycles. The minimum Gasteiger partial charge on any atom is -0.493 e. The van der Waals surface area contributed by atoms with Crippen molar-refractivity contribution in [1.29, 1.82) is 0 Å². The number of nitrogens with two attached hydrogens (primary N) is 1. The Hall–Kier alpha value is -3.84. The fourth-order valence-electron chi connectivity index (χ4n) is 3.19. The number of nitrogens with one attached hydrogen (secondary N) is 1. The van der Waals surface area contributed by atoms with Crippen molar-refractivity contribution in [3.63, 3.8) is 0 Å². The van der Waals surface area contributed by atoms with Gasteiger partial charge in [0.1, 0.15) is 5.75 Å². The quantitative estimate of drug-likeness (QED) is 0.366. The van der Waals surface area contributed by atoms with Crippen LogP contribution in [0.5, 0.6) is 5.75 Å². The molecule has 1 aliphatic heterocycles. The van der Waals surface area contributed by atoms with E-state index in [-0.39, 0.29) is 17.3 Å². The fraction of sp³-hybridized carbons (Fsp3) is 0.368. The van der Waals surface area contributed by atoms with Gasteiger partial charge < -0.3 is 15.2 Å². The van der Waals surface area contributed by atoms with Gasteiger partial charge in [0, 0.05) is 25.2 Å². The van der Waals surface area contributed by atoms with E-state index in [0.29, 0.717) is 50.9 Å². The number of anilines is 1. The number of ether oxygens (including phenoxy) is 2. The number of benzene rings is 1. The van der Waals surface area contributed by atoms with E-state index >= 15 is 0 Å². The van der Waals surface area contributed by atoms with Crippen LogP contribution in [-0.2, 0) is 11.3 Å². The first-order valence-electron chi connectivity index (χ1n) is 10.1. The summed E-state index contributed by atoms with van der Waals surface area (Å²) in [5, 5.41) is 19.5. The lowest BCUT2D eigenvalue weighted by Gasteiger charge is -2.26. The number of rotatable bonds is 8. The van der Waals surface area contributed by atoms with Gasteiger partial charge in [0.2, 0.25) is 11.6 Å². The summed E-state index contributed by atoms with van der Waals surface area (Å²) >= 11 is 0. The number of morpholine rings is 1. The zero-order valence-electron chi connectivity index (χ0n) is 17.5. The Kier molecular flexibility index (Phi) is 6.67. The number of nitrogens with zero attached hydrogens (tertiary/aromatic N) is 7. The van der Waals surface area contributed by atoms with Crippen LogP contribution in [0.4, 0.5) is 5.82 Å². The summed E-state index contributed by atoms with van der Waals surface area (Å²) in [6.45, 7) is 5.39. The molecular formula is C19H23N9O4. The summed E-state index contributed by atoms with van der Waals surface area (Å²) < 4.78 is 17.0. The molecule has 0 radical (unpaired) electrons. The highest BCUT2D eigenvalue weighted by atomic mass is 16.6. The largest absolute Gasteiger partial charge is 0.493 e. The van der Waals surface area contributed by atoms with E-state index in [4.69, 9.17) is 15.2 Å². The molecule has 3 aromatic rings. The van der Waals surface area contributed by atoms with Crippen LogP contribution in [0.25, 0.3) is 5.82 Å². The monoisotopic (exact) mass is 441 g/mol. The molecule has 3 N–H and O–H groups in total. The molecular weight excluding hydrogens is 418 g/mol. The average molecular weight is 441 g/mol. The van der Waals surface area contributed by atoms with Crippen LogP contribution in [0.1, 0.15) is 28.7 Å². The SMILES string of the molecule is CCOc1ccccc1C=NNC(=O)c1nnn(-c2nonc2N)c1CN1CCOCC1. The molecule has 13 nitrogen and oxygen atoms in total. The third kappa shape index (κ3) is 4.73. The zero-order chi connectivity index (χ0) is 22.3. The van der Waals surface area contributed by atoms with Crippen molar-refractivity contribution < 1.29 is 18.9 Å². The highest BCUT2D eigenvalue weighted by Gasteiger charge is 2.26. The molecule has 1 amide bonds. The Bertz CT molecular complexity index is 1090. The third-order valence-corrected chi connectivity index (χ3v) is 4.74. The molecule has 0 spiro atoms. The minimum atomic E-state index is -0.528. The number of aromatic nitrogens is 5. The second-order valence-corrected chi connectivity index (χ2v) is 6.83. The lowest BCUT2D eigenvalue weighted by atomic mass is 10.2. The van der Waals surface area contributed by atoms with Gasteiger partial charge in [-0.3, -0.25) is 9.69 Å². The van der Waals surface area contributed by atoms with Crippen LogP contribution >= 0.6 is 0 Å². The second-order valence-electron chi connectivity index (χ2n) is 6.83. The summed E-state index contributed by atoms with van der Waals surface area (Å²) in [6, 6.07) is 7.38. The standard InChI is InChI=1S/C19H23N9O4/c1-2-31-15-6-4-3-5-13(15)11-21-23-19(29)16-14(12-27-7-9-30-10-8-27)28(26-22-16)18-17(20)24-32-25-18/h3-6,11H,2,7-10,12H2,1H3,(H2,20,24)(H,23,29). The van der Waals surface area contributed by atoms with Crippen LogP contribution in [-0.4, -0.2) is 75.2 Å². The van der Waals surface area contributed by atoms with Crippen molar-refractivity contribution >= 4 is 17.9 Å². The number of carbonyl (C=O) groups excluding carboxylic acids is 1. The topological polar surface area (TPSA) is 159 Å². The first-order valence-corrected chi connectivity index (χ1v) is 10.1. The molecule has 0 unspecified atom stereocenters. The summed E-state index contributed by atoms with van der Waals surface area (Å²) in [4.78, 5) is 15.0. The Morgan fingerprint density at radius 1 is 1.31 bits per heavy atom. The number of hydrazone groups is 1. The normalized spacial score (nSPS) is 14.7. The number of carbonyl (C=O) groups is 1. The number of amides is 1. The zero-order valence-corrected chi connectivity index (χ0v) is 17.5. The van der Waals surface area contributed by atoms with E-state index in [9.17, 15) is 4.79 Å². The van der Waals surface area contributed by atoms with E-state index in [1.807, 2.05) is 31.2 Å². The van der Waals surface area contributed by atoms with Crippen LogP contribution in [0.15, 0.2) is 34.0 Å². The summed E-state index contributed by atoms with van der Waals surface area (Å²) in [5.74, 6) is 0.338. The van der Waals surface area contributed by atoms with E-state index in [1.165, 1.54) is 10.9 Å². The van der Waals surface area contributed by atoms with Crippen LogP contribution < -0.4 is 15.9 Å². The second kappa shape index (κ2) is 9.98. The highest BCUT2D eigenvalue weighted by Crippen LogP contribution is 2.18. The summed E-state index contributed by atoms with van der Waals surface area (Å²) in [6.07, 6.45) is 1.51. The molecule has 168 valence electrons. The van der Waals surface area contributed by atoms with E-state index < -0.39 is 5.91 Å². The van der Waals surface area contributed by atoms with E-state index in [0.717, 1.165) is 5.56 Å². The van der Waals surface area contributed by atoms with Crippen LogP contribution in [0.3, 0.4) is 0 Å². The molecule has 1 aliphatic rings. The van der Waals surface area contributed by atoms with Crippen molar-refractivity contribution in [3.8, 4) is 11.6 Å². The van der Waals surface area contributed by atoms with Gasteiger partial charge in [0.05, 0.1) is 31.7 Å². The molecule has 32 heavy (non-hydrogen) atoms. The first-order chi connectivity index (χ1) is 15.7. The number of hydrogen-bond acceptors (Lipinski definition) is 11. The summed E-state index contributed by atoms with van der Waals surface area (Å²) in [5.41, 5.74) is 9.62. The molecule has 1 saturated heterocycles. The minimum absolute atomic E-state index is 0.0376. The Morgan fingerprint density at radius 3 is 2.88 bits per heavy atom. The van der Waals surface area contributed by atoms with Gasteiger partial charge in [-0.25, -0.2) is 10.1 Å². The maximum atomic E-state index is 12.9. The Labute approximate surface area is 183 Å². The maximum Gasteiger partial charge on any atom is 0.293 e. The Morgan fingerprint density at radius 2 is 2.12 bits per heavy atom. The van der Waals surface area contributed by atoms with Crippen molar-refractivity contribution in [2.24, 2.45) is 5.10 Å². The van der Waals surface area contributed by atoms with Crippen molar-refractivity contribution in [3.05, 3.63) is 41.2 Å². The predicted octanol–water partition coefficient (Wildman–Crippen LogP) is 0.227. The third-order valence-electron chi connectivity index (χ3n) is 4.74. The van der Waals surface area contributed by atoms with Gasteiger partial charge in [-0.15, -0.1) is 5.10 Å². The molecule has 0 bridgehead atoms. The van der Waals surface area contributed by atoms with Crippen LogP contribution in [0, 0.1) is 0 Å². The highest BCUT2D eigenvalue weighted by molar-refractivity contribution is 5.94. The lowest BCUT2D eigenvalue weighted by Crippen LogP contribution is -2.37. The van der Waals surface area contributed by atoms with Gasteiger partial charge in [-0.1, -0.05) is 17.3 Å². The predicted molar refractivity (Wildman–Crippen MR) is 112 cm³/mol. The summed E-state index contributed by atoms with van der Waals surface area (Å²) in [7, 11) is 0. The average Bonchev–Trinajstić information content (AvgIpc) is 3.41. The smallest absolute Gasteiger partial charge is 0.293 e. The van der Waals surface area contributed by atoms with Gasteiger partial charge in [0.25, 0.3) is 5.91 Å². The van der Waals surface area contributed by atoms with Gasteiger partial charge in [-0.2, -0.15) is 9.78 Å². The van der Waals surface area contributed by atoms with Gasteiger partial charge >= 0.3 is 0 Å². The Balaban J connectivity index is 1.56. The van der Waals surface area contributed by atoms with Crippen molar-refractivity contribution in [2.75, 3.05) is 38.6 Å². The van der Waals surface area contributed by atoms with E-state index in [2.05, 4.69) is 40.7 Å². The molecule has 1 fully saturated rings. The van der Waals surface area contributed by atoms with Crippen molar-refractivity contribution in [2.45, 2.75) is 13.5 Å². The first kappa shape index (κ1) is 21.4. The van der Waals surface area contributed by atoms with Gasteiger partial charge in [0.15, 0.2) is 5.69 Å². The maximum absolute atomic E-state index is 12.9. The molecule has 1 aromatic carbocycles. The molecule has 3 heterocycles. The number of nitrogen functional groups attached to an aromatic ring is 1. The lowest BCUT2D eigenvalue weighted by molar-refractivity contribution is 0.0332. The van der Waals surface area contributed by atoms with E-state index in [1.54, 1.807) is 0 Å². The fourth-order valence-corrected chi connectivity index (χ4v) is 3.19. The molecule has 2 aromatic heterocycles. The molecule has 0 atom stereocenters. The molecule has 0 aliphatic carbocycles. The molecule has 4 rings (SSSR count). The number of para-hydroxylation sites is 1. The number of hydrogen-bond donors (Lipinski definition) is 2. The van der Waals surface area contributed by atoms with Crippen LogP contribution in [0.2, 0.25) is 0 Å². The molecule has 13 heteroatoms.